The number of aromatic amines is 1. The molecule has 1 aromatic carbocycles. The summed E-state index contributed by atoms with van der Waals surface area (Å²) in [6.07, 6.45) is 4.96. The molecule has 4 rings (SSSR count). The molecule has 1 saturated carbocycles. The number of H-pyrrole nitrogens is 1. The van der Waals surface area contributed by atoms with E-state index in [9.17, 15) is 4.79 Å². The smallest absolute Gasteiger partial charge is 0.271 e. The van der Waals surface area contributed by atoms with Crippen molar-refractivity contribution in [2.75, 3.05) is 25.6 Å². The normalized spacial score (nSPS) is 14.6. The summed E-state index contributed by atoms with van der Waals surface area (Å²) in [5.41, 5.74) is 4.01. The van der Waals surface area contributed by atoms with Crippen LogP contribution >= 0.6 is 11.9 Å². The van der Waals surface area contributed by atoms with Crippen molar-refractivity contribution in [3.8, 4) is 11.1 Å². The zero-order valence-corrected chi connectivity index (χ0v) is 18.4. The van der Waals surface area contributed by atoms with Crippen molar-refractivity contribution in [2.24, 2.45) is 0 Å². The molecule has 0 bridgehead atoms. The third-order valence-electron chi connectivity index (χ3n) is 5.56. The first-order valence-electron chi connectivity index (χ1n) is 10.4. The molecule has 1 fully saturated rings. The van der Waals surface area contributed by atoms with Gasteiger partial charge in [-0.2, -0.15) is 0 Å². The van der Waals surface area contributed by atoms with Crippen molar-refractivity contribution in [3.63, 3.8) is 0 Å². The topological polar surface area (TPSA) is 92.2 Å². The second kappa shape index (κ2) is 9.24. The van der Waals surface area contributed by atoms with E-state index in [2.05, 4.69) is 26.2 Å². The van der Waals surface area contributed by atoms with Gasteiger partial charge in [-0.3, -0.25) is 9.52 Å². The summed E-state index contributed by atoms with van der Waals surface area (Å²) in [6, 6.07) is 6.61. The van der Waals surface area contributed by atoms with Crippen LogP contribution in [-0.2, 0) is 4.74 Å². The maximum absolute atomic E-state index is 12.6. The molecule has 2 heterocycles. The van der Waals surface area contributed by atoms with Crippen LogP contribution in [0.15, 0.2) is 32.4 Å². The van der Waals surface area contributed by atoms with Crippen LogP contribution in [0.4, 0.5) is 5.69 Å². The average molecular weight is 429 g/mol. The van der Waals surface area contributed by atoms with Crippen molar-refractivity contribution < 1.29 is 9.26 Å². The summed E-state index contributed by atoms with van der Waals surface area (Å²) in [4.78, 5) is 16.7. The van der Waals surface area contributed by atoms with Gasteiger partial charge in [0.05, 0.1) is 17.8 Å². The molecular weight excluding hydrogens is 400 g/mol. The molecule has 7 nitrogen and oxygen atoms in total. The Morgan fingerprint density at radius 3 is 2.77 bits per heavy atom. The Hall–Kier alpha value is -2.29. The number of fused-ring (bicyclic) bond motifs is 1. The van der Waals surface area contributed by atoms with Crippen molar-refractivity contribution in [3.05, 3.63) is 40.0 Å². The first-order chi connectivity index (χ1) is 14.6. The molecule has 1 aliphatic rings. The molecule has 0 unspecified atom stereocenters. The summed E-state index contributed by atoms with van der Waals surface area (Å²) in [5.74, 6) is 0.770. The first kappa shape index (κ1) is 21.0. The Labute approximate surface area is 180 Å². The van der Waals surface area contributed by atoms with Crippen LogP contribution in [0.25, 0.3) is 22.0 Å². The zero-order chi connectivity index (χ0) is 21.1. The number of benzene rings is 1. The molecule has 2 aromatic heterocycles. The zero-order valence-electron chi connectivity index (χ0n) is 17.6. The van der Waals surface area contributed by atoms with Crippen LogP contribution in [0.1, 0.15) is 37.1 Å². The maximum Gasteiger partial charge on any atom is 0.271 e. The molecule has 30 heavy (non-hydrogen) atoms. The summed E-state index contributed by atoms with van der Waals surface area (Å²) < 4.78 is 14.1. The Morgan fingerprint density at radius 2 is 2.07 bits per heavy atom. The quantitative estimate of drug-likeness (QED) is 0.362. The number of nitrogens with zero attached hydrogens (tertiary/aromatic N) is 1. The second-order valence-electron chi connectivity index (χ2n) is 7.77. The number of hydrogen-bond acceptors (Lipinski definition) is 7. The minimum atomic E-state index is -0.144. The second-order valence-corrected chi connectivity index (χ2v) is 8.65. The summed E-state index contributed by atoms with van der Waals surface area (Å²) in [6.45, 7) is 4.96. The molecule has 0 spiro atoms. The van der Waals surface area contributed by atoms with Crippen LogP contribution in [0.5, 0.6) is 0 Å². The molecule has 0 atom stereocenters. The molecule has 3 N–H and O–H groups in total. The van der Waals surface area contributed by atoms with E-state index >= 15 is 0 Å². The first-order valence-corrected chi connectivity index (χ1v) is 11.2. The van der Waals surface area contributed by atoms with E-state index in [1.807, 2.05) is 26.0 Å². The lowest BCUT2D eigenvalue weighted by Crippen LogP contribution is -2.19. The lowest BCUT2D eigenvalue weighted by molar-refractivity contribution is 0.211. The van der Waals surface area contributed by atoms with E-state index in [0.29, 0.717) is 24.9 Å². The van der Waals surface area contributed by atoms with Gasteiger partial charge in [-0.25, -0.2) is 0 Å². The van der Waals surface area contributed by atoms with E-state index < -0.39 is 0 Å². The van der Waals surface area contributed by atoms with E-state index in [1.54, 1.807) is 19.1 Å². The predicted octanol–water partition coefficient (Wildman–Crippen LogP) is 4.40. The fourth-order valence-electron chi connectivity index (χ4n) is 4.01. The van der Waals surface area contributed by atoms with Crippen molar-refractivity contribution in [1.29, 1.82) is 0 Å². The number of hydrogen-bond donors (Lipinski definition) is 3. The van der Waals surface area contributed by atoms with Gasteiger partial charge in [0.15, 0.2) is 0 Å². The molecule has 0 aliphatic heterocycles. The van der Waals surface area contributed by atoms with Gasteiger partial charge >= 0.3 is 0 Å². The SMILES string of the molecule is COCCNc1cc2c(SNC3CCCC3)cc(-c3c(C)noc3C)cc2[nH]c1=O. The minimum absolute atomic E-state index is 0.144. The largest absolute Gasteiger partial charge is 0.383 e. The molecule has 0 amide bonds. The van der Waals surface area contributed by atoms with Crippen molar-refractivity contribution in [1.82, 2.24) is 14.9 Å². The molecule has 160 valence electrons. The monoisotopic (exact) mass is 428 g/mol. The van der Waals surface area contributed by atoms with Crippen LogP contribution in [-0.4, -0.2) is 36.4 Å². The fraction of sp³-hybridized carbons (Fsp3) is 0.455. The third-order valence-corrected chi connectivity index (χ3v) is 6.57. The maximum atomic E-state index is 12.6. The lowest BCUT2D eigenvalue weighted by Gasteiger charge is -2.15. The summed E-state index contributed by atoms with van der Waals surface area (Å²) in [5, 5.41) is 8.26. The van der Waals surface area contributed by atoms with Gasteiger partial charge in [0.25, 0.3) is 5.56 Å². The molecule has 8 heteroatoms. The number of ether oxygens (including phenoxy) is 1. The van der Waals surface area contributed by atoms with Gasteiger partial charge in [0.1, 0.15) is 11.4 Å². The standard InChI is InChI=1S/C22H28N4O3S/c1-13-21(14(2)29-25-13)15-10-18-17(12-19(22(27)24-18)23-8-9-28-3)20(11-15)30-26-16-6-4-5-7-16/h10-12,16,23,26H,4-9H2,1-3H3,(H,24,27). The van der Waals surface area contributed by atoms with Crippen molar-refractivity contribution >= 4 is 28.5 Å². The average Bonchev–Trinajstić information content (AvgIpc) is 3.36. The highest BCUT2D eigenvalue weighted by molar-refractivity contribution is 7.97. The third kappa shape index (κ3) is 4.40. The van der Waals surface area contributed by atoms with E-state index in [1.165, 1.54) is 25.7 Å². The highest BCUT2D eigenvalue weighted by Crippen LogP contribution is 2.35. The Balaban J connectivity index is 1.77. The van der Waals surface area contributed by atoms with Crippen LogP contribution in [0.3, 0.4) is 0 Å². The fourth-order valence-corrected chi connectivity index (χ4v) is 5.01. The Bertz CT molecular complexity index is 1070. The number of rotatable bonds is 8. The minimum Gasteiger partial charge on any atom is -0.383 e. The highest BCUT2D eigenvalue weighted by Gasteiger charge is 2.18. The Morgan fingerprint density at radius 1 is 1.27 bits per heavy atom. The number of methoxy groups -OCH3 is 1. The van der Waals surface area contributed by atoms with E-state index in [4.69, 9.17) is 9.26 Å². The lowest BCUT2D eigenvalue weighted by atomic mass is 10.0. The van der Waals surface area contributed by atoms with Crippen LogP contribution in [0.2, 0.25) is 0 Å². The van der Waals surface area contributed by atoms with E-state index in [0.717, 1.165) is 38.4 Å². The van der Waals surface area contributed by atoms with Gasteiger partial charge in [-0.1, -0.05) is 18.0 Å². The molecule has 3 aromatic rings. The molecular formula is C22H28N4O3S. The van der Waals surface area contributed by atoms with Gasteiger partial charge in [-0.15, -0.1) is 0 Å². The summed E-state index contributed by atoms with van der Waals surface area (Å²) in [7, 11) is 1.64. The number of anilines is 1. The number of aryl methyl sites for hydroxylation is 2. The number of aromatic nitrogens is 2. The number of pyridine rings is 1. The predicted molar refractivity (Wildman–Crippen MR) is 121 cm³/mol. The van der Waals surface area contributed by atoms with Gasteiger partial charge in [0.2, 0.25) is 0 Å². The summed E-state index contributed by atoms with van der Waals surface area (Å²) >= 11 is 1.64. The van der Waals surface area contributed by atoms with E-state index in [-0.39, 0.29) is 5.56 Å². The molecule has 0 saturated heterocycles. The van der Waals surface area contributed by atoms with Crippen LogP contribution in [0, 0.1) is 13.8 Å². The van der Waals surface area contributed by atoms with Crippen molar-refractivity contribution in [2.45, 2.75) is 50.5 Å². The molecule has 0 radical (unpaired) electrons. The Kier molecular flexibility index (Phi) is 6.46. The number of nitrogens with one attached hydrogen (secondary N) is 3. The van der Waals surface area contributed by atoms with Gasteiger partial charge in [0, 0.05) is 35.5 Å². The molecule has 1 aliphatic carbocycles. The van der Waals surface area contributed by atoms with Gasteiger partial charge < -0.3 is 19.6 Å². The highest BCUT2D eigenvalue weighted by atomic mass is 32.2. The van der Waals surface area contributed by atoms with Crippen LogP contribution < -0.4 is 15.6 Å². The van der Waals surface area contributed by atoms with Gasteiger partial charge in [-0.05, 0) is 62.4 Å².